The molecule has 2 aromatic carbocycles. The molecule has 4 aliphatic carbocycles. The van der Waals surface area contributed by atoms with Crippen molar-refractivity contribution in [3.63, 3.8) is 0 Å². The Morgan fingerprint density at radius 2 is 1.34 bits per heavy atom. The standard InChI is InChI=1S/C27H34O2/c1-15-8-24(28)17(3)6-22(15)26-11-20-10-21(13-26)19(5)27(12-20,14-26)23-7-18(4)25(29)9-16(23)2/h6-9,19-21,28-29H,10-14H2,1-5H3. The molecular weight excluding hydrogens is 356 g/mol. The van der Waals surface area contributed by atoms with Gasteiger partial charge in [-0.3, -0.25) is 0 Å². The van der Waals surface area contributed by atoms with Crippen molar-refractivity contribution < 1.29 is 10.2 Å². The van der Waals surface area contributed by atoms with E-state index in [2.05, 4.69) is 32.9 Å². The molecule has 0 spiro atoms. The van der Waals surface area contributed by atoms with Crippen molar-refractivity contribution in [2.75, 3.05) is 0 Å². The van der Waals surface area contributed by atoms with Gasteiger partial charge in [-0.25, -0.2) is 0 Å². The molecule has 2 heteroatoms. The molecule has 2 aromatic rings. The number of aromatic hydroxyl groups is 2. The van der Waals surface area contributed by atoms with Crippen molar-refractivity contribution in [1.29, 1.82) is 0 Å². The van der Waals surface area contributed by atoms with E-state index in [1.54, 1.807) is 0 Å². The van der Waals surface area contributed by atoms with Gasteiger partial charge in [-0.1, -0.05) is 19.1 Å². The van der Waals surface area contributed by atoms with Crippen LogP contribution in [-0.2, 0) is 10.8 Å². The van der Waals surface area contributed by atoms with Crippen LogP contribution in [0.3, 0.4) is 0 Å². The number of rotatable bonds is 2. The van der Waals surface area contributed by atoms with E-state index in [0.717, 1.165) is 23.0 Å². The highest BCUT2D eigenvalue weighted by Crippen LogP contribution is 2.69. The van der Waals surface area contributed by atoms with Crippen molar-refractivity contribution in [2.45, 2.75) is 77.6 Å². The summed E-state index contributed by atoms with van der Waals surface area (Å²) in [5.74, 6) is 3.06. The zero-order valence-corrected chi connectivity index (χ0v) is 18.5. The van der Waals surface area contributed by atoms with Crippen LogP contribution >= 0.6 is 0 Å². The summed E-state index contributed by atoms with van der Waals surface area (Å²) in [5.41, 5.74) is 7.87. The van der Waals surface area contributed by atoms with Crippen LogP contribution < -0.4 is 0 Å². The van der Waals surface area contributed by atoms with Gasteiger partial charge < -0.3 is 10.2 Å². The van der Waals surface area contributed by atoms with E-state index in [0.29, 0.717) is 17.4 Å². The molecular formula is C27H34O2. The first-order valence-electron chi connectivity index (χ1n) is 11.3. The normalized spacial score (nSPS) is 35.3. The summed E-state index contributed by atoms with van der Waals surface area (Å²) in [4.78, 5) is 0. The maximum Gasteiger partial charge on any atom is 0.118 e. The molecule has 4 saturated carbocycles. The lowest BCUT2D eigenvalue weighted by Crippen LogP contribution is -2.60. The molecule has 0 saturated heterocycles. The third-order valence-electron chi connectivity index (χ3n) is 9.05. The number of benzene rings is 2. The number of hydrogen-bond acceptors (Lipinski definition) is 2. The molecule has 4 bridgehead atoms. The van der Waals surface area contributed by atoms with E-state index in [1.165, 1.54) is 54.4 Å². The maximum atomic E-state index is 10.3. The third-order valence-corrected chi connectivity index (χ3v) is 9.05. The smallest absolute Gasteiger partial charge is 0.118 e. The Kier molecular flexibility index (Phi) is 3.96. The molecule has 154 valence electrons. The molecule has 4 fully saturated rings. The van der Waals surface area contributed by atoms with Crippen molar-refractivity contribution in [3.8, 4) is 11.5 Å². The highest BCUT2D eigenvalue weighted by molar-refractivity contribution is 5.50. The van der Waals surface area contributed by atoms with Gasteiger partial charge in [-0.05, 0) is 134 Å². The van der Waals surface area contributed by atoms with E-state index in [9.17, 15) is 10.2 Å². The molecule has 4 aliphatic rings. The monoisotopic (exact) mass is 390 g/mol. The lowest BCUT2D eigenvalue weighted by Gasteiger charge is -2.66. The van der Waals surface area contributed by atoms with E-state index >= 15 is 0 Å². The van der Waals surface area contributed by atoms with E-state index in [-0.39, 0.29) is 10.8 Å². The summed E-state index contributed by atoms with van der Waals surface area (Å²) in [6.07, 6.45) is 6.43. The molecule has 0 aliphatic heterocycles. The van der Waals surface area contributed by atoms with E-state index in [1.807, 2.05) is 26.0 Å². The number of phenols is 2. The quantitative estimate of drug-likeness (QED) is 0.626. The molecule has 29 heavy (non-hydrogen) atoms. The Hall–Kier alpha value is -1.96. The molecule has 2 N–H and O–H groups in total. The van der Waals surface area contributed by atoms with Gasteiger partial charge in [0.15, 0.2) is 0 Å². The van der Waals surface area contributed by atoms with Gasteiger partial charge in [0.1, 0.15) is 11.5 Å². The maximum absolute atomic E-state index is 10.3. The second kappa shape index (κ2) is 6.03. The Balaban J connectivity index is 1.70. The van der Waals surface area contributed by atoms with E-state index < -0.39 is 0 Å². The fourth-order valence-electron chi connectivity index (χ4n) is 7.88. The summed E-state index contributed by atoms with van der Waals surface area (Å²) in [6, 6.07) is 8.54. The van der Waals surface area contributed by atoms with Crippen molar-refractivity contribution in [3.05, 3.63) is 57.6 Å². The summed E-state index contributed by atoms with van der Waals surface area (Å²) < 4.78 is 0. The van der Waals surface area contributed by atoms with Crippen LogP contribution in [0.5, 0.6) is 11.5 Å². The van der Waals surface area contributed by atoms with Gasteiger partial charge in [0.05, 0.1) is 0 Å². The predicted octanol–water partition coefficient (Wildman–Crippen LogP) is 6.37. The second-order valence-corrected chi connectivity index (χ2v) is 10.8. The fraction of sp³-hybridized carbons (Fsp3) is 0.556. The van der Waals surface area contributed by atoms with Crippen molar-refractivity contribution >= 4 is 0 Å². The van der Waals surface area contributed by atoms with Gasteiger partial charge in [-0.2, -0.15) is 0 Å². The summed E-state index contributed by atoms with van der Waals surface area (Å²) >= 11 is 0. The number of hydrogen-bond donors (Lipinski definition) is 2. The zero-order valence-electron chi connectivity index (χ0n) is 18.5. The van der Waals surface area contributed by atoms with Crippen LogP contribution in [0.2, 0.25) is 0 Å². The molecule has 5 atom stereocenters. The van der Waals surface area contributed by atoms with Crippen LogP contribution in [0.15, 0.2) is 24.3 Å². The lowest BCUT2D eigenvalue weighted by atomic mass is 9.38. The molecule has 2 nitrogen and oxygen atoms in total. The SMILES string of the molecule is Cc1cc(C23CC4CC(C2)C(C)C(c2cc(C)c(O)cc2C)(C4)C3)c(C)cc1O. The van der Waals surface area contributed by atoms with Crippen molar-refractivity contribution in [1.82, 2.24) is 0 Å². The van der Waals surface area contributed by atoms with E-state index in [4.69, 9.17) is 0 Å². The first-order chi connectivity index (χ1) is 13.6. The summed E-state index contributed by atoms with van der Waals surface area (Å²) in [5, 5.41) is 20.5. The van der Waals surface area contributed by atoms with Crippen LogP contribution in [0.4, 0.5) is 0 Å². The largest absolute Gasteiger partial charge is 0.508 e. The Bertz CT molecular complexity index is 1010. The second-order valence-electron chi connectivity index (χ2n) is 10.8. The van der Waals surface area contributed by atoms with Crippen molar-refractivity contribution in [2.24, 2.45) is 17.8 Å². The average Bonchev–Trinajstić information content (AvgIpc) is 2.64. The van der Waals surface area contributed by atoms with Crippen LogP contribution in [0.25, 0.3) is 0 Å². The molecule has 0 radical (unpaired) electrons. The highest BCUT2D eigenvalue weighted by atomic mass is 16.3. The lowest BCUT2D eigenvalue weighted by molar-refractivity contribution is -0.0731. The molecule has 5 unspecified atom stereocenters. The first-order valence-corrected chi connectivity index (χ1v) is 11.3. The third kappa shape index (κ3) is 2.54. The van der Waals surface area contributed by atoms with Crippen LogP contribution in [0.1, 0.15) is 72.4 Å². The number of aryl methyl sites for hydroxylation is 4. The van der Waals surface area contributed by atoms with Gasteiger partial charge in [-0.15, -0.1) is 0 Å². The topological polar surface area (TPSA) is 40.5 Å². The zero-order chi connectivity index (χ0) is 20.7. The minimum atomic E-state index is 0.199. The summed E-state index contributed by atoms with van der Waals surface area (Å²) in [6.45, 7) is 10.9. The number of phenolic OH excluding ortho intramolecular Hbond substituents is 2. The fourth-order valence-corrected chi connectivity index (χ4v) is 7.88. The Morgan fingerprint density at radius 3 is 2.00 bits per heavy atom. The van der Waals surface area contributed by atoms with Gasteiger partial charge in [0.25, 0.3) is 0 Å². The first kappa shape index (κ1) is 19.0. The van der Waals surface area contributed by atoms with Gasteiger partial charge in [0, 0.05) is 0 Å². The average molecular weight is 391 g/mol. The van der Waals surface area contributed by atoms with Crippen LogP contribution in [0, 0.1) is 45.4 Å². The van der Waals surface area contributed by atoms with Gasteiger partial charge in [0.2, 0.25) is 0 Å². The Labute approximate surface area is 175 Å². The van der Waals surface area contributed by atoms with Gasteiger partial charge >= 0.3 is 0 Å². The molecule has 6 rings (SSSR count). The van der Waals surface area contributed by atoms with Crippen LogP contribution in [-0.4, -0.2) is 10.2 Å². The minimum absolute atomic E-state index is 0.199. The molecule has 0 amide bonds. The Morgan fingerprint density at radius 1 is 0.759 bits per heavy atom. The predicted molar refractivity (Wildman–Crippen MR) is 118 cm³/mol. The highest BCUT2D eigenvalue weighted by Gasteiger charge is 2.62. The summed E-state index contributed by atoms with van der Waals surface area (Å²) in [7, 11) is 0. The molecule has 0 aromatic heterocycles. The minimum Gasteiger partial charge on any atom is -0.508 e. The molecule has 0 heterocycles.